The van der Waals surface area contributed by atoms with Crippen LogP contribution in [0.25, 0.3) is 0 Å². The summed E-state index contributed by atoms with van der Waals surface area (Å²) < 4.78 is 10.9. The molecule has 2 N–H and O–H groups in total. The lowest BCUT2D eigenvalue weighted by Gasteiger charge is -2.26. The molecule has 8 heteroatoms. The van der Waals surface area contributed by atoms with Crippen molar-refractivity contribution in [1.29, 1.82) is 5.41 Å². The number of fused-ring (bicyclic) bond motifs is 1. The summed E-state index contributed by atoms with van der Waals surface area (Å²) in [5, 5.41) is 10.9. The van der Waals surface area contributed by atoms with Gasteiger partial charge in [-0.15, -0.1) is 12.4 Å². The highest BCUT2D eigenvalue weighted by molar-refractivity contribution is 6.05. The topological polar surface area (TPSA) is 91.7 Å². The molecular weight excluding hydrogens is 418 g/mol. The molecule has 1 heterocycles. The summed E-state index contributed by atoms with van der Waals surface area (Å²) in [5.41, 5.74) is 2.97. The number of amides is 1. The highest BCUT2D eigenvalue weighted by atomic mass is 35.5. The van der Waals surface area contributed by atoms with Crippen LogP contribution < -0.4 is 10.1 Å². The van der Waals surface area contributed by atoms with Crippen LogP contribution in [0.4, 0.5) is 5.69 Å². The van der Waals surface area contributed by atoms with Gasteiger partial charge in [0.05, 0.1) is 13.0 Å². The Balaban J connectivity index is 0.00000341. The second kappa shape index (κ2) is 10.8. The van der Waals surface area contributed by atoms with Crippen LogP contribution in [-0.4, -0.2) is 49.4 Å². The Morgan fingerprint density at radius 1 is 1.16 bits per heavy atom. The number of carbonyl (C=O) groups excluding carboxylic acids is 2. The van der Waals surface area contributed by atoms with Crippen LogP contribution in [0.3, 0.4) is 0 Å². The van der Waals surface area contributed by atoms with Gasteiger partial charge in [-0.2, -0.15) is 0 Å². The average molecular weight is 446 g/mol. The average Bonchev–Trinajstić information content (AvgIpc) is 2.73. The summed E-state index contributed by atoms with van der Waals surface area (Å²) >= 11 is 0. The number of benzene rings is 2. The van der Waals surface area contributed by atoms with Crippen LogP contribution in [-0.2, 0) is 16.0 Å². The number of aryl methyl sites for hydroxylation is 1. The molecule has 0 aliphatic carbocycles. The minimum atomic E-state index is -0.249. The van der Waals surface area contributed by atoms with Gasteiger partial charge in [0.15, 0.2) is 0 Å². The minimum Gasteiger partial charge on any atom is -0.490 e. The molecule has 1 aliphatic rings. The number of nitrogens with zero attached hydrogens (tertiary/aromatic N) is 1. The van der Waals surface area contributed by atoms with Crippen LogP contribution in [0.1, 0.15) is 41.3 Å². The number of carbonyl (C=O) groups is 2. The maximum Gasteiger partial charge on any atom is 0.309 e. The number of amidine groups is 1. The lowest BCUT2D eigenvalue weighted by Crippen LogP contribution is -2.26. The van der Waals surface area contributed by atoms with Crippen molar-refractivity contribution in [3.8, 4) is 5.75 Å². The first-order valence-electron chi connectivity index (χ1n) is 10.00. The Hall–Kier alpha value is -3.06. The molecule has 166 valence electrons. The van der Waals surface area contributed by atoms with Gasteiger partial charge < -0.3 is 19.7 Å². The molecule has 1 aliphatic heterocycles. The molecule has 0 bridgehead atoms. The van der Waals surface area contributed by atoms with Crippen molar-refractivity contribution in [2.75, 3.05) is 26.0 Å². The number of hydrogen-bond acceptors (Lipinski definition) is 5. The summed E-state index contributed by atoms with van der Waals surface area (Å²) in [4.78, 5) is 25.9. The summed E-state index contributed by atoms with van der Waals surface area (Å²) in [6.07, 6.45) is 1.55. The van der Waals surface area contributed by atoms with Gasteiger partial charge in [0.2, 0.25) is 0 Å². The van der Waals surface area contributed by atoms with Crippen LogP contribution >= 0.6 is 12.4 Å². The molecule has 1 unspecified atom stereocenters. The van der Waals surface area contributed by atoms with Crippen LogP contribution in [0.2, 0.25) is 0 Å². The van der Waals surface area contributed by atoms with E-state index in [1.807, 2.05) is 26.2 Å². The zero-order valence-corrected chi connectivity index (χ0v) is 18.8. The maximum atomic E-state index is 12.6. The molecule has 0 fully saturated rings. The van der Waals surface area contributed by atoms with Gasteiger partial charge in [-0.1, -0.05) is 12.1 Å². The number of anilines is 1. The molecule has 3 rings (SSSR count). The quantitative estimate of drug-likeness (QED) is 0.399. The van der Waals surface area contributed by atoms with Gasteiger partial charge in [0, 0.05) is 30.9 Å². The molecule has 1 atom stereocenters. The van der Waals surface area contributed by atoms with Crippen LogP contribution in [0.15, 0.2) is 42.5 Å². The monoisotopic (exact) mass is 445 g/mol. The van der Waals surface area contributed by atoms with Gasteiger partial charge in [-0.25, -0.2) is 0 Å². The Morgan fingerprint density at radius 2 is 1.84 bits per heavy atom. The number of hydrogen-bond donors (Lipinski definition) is 2. The molecule has 0 saturated heterocycles. The van der Waals surface area contributed by atoms with Gasteiger partial charge in [0.25, 0.3) is 5.91 Å². The van der Waals surface area contributed by atoms with E-state index >= 15 is 0 Å². The Morgan fingerprint density at radius 3 is 2.48 bits per heavy atom. The van der Waals surface area contributed by atoms with Crippen molar-refractivity contribution < 1.29 is 19.1 Å². The van der Waals surface area contributed by atoms with E-state index in [1.165, 1.54) is 0 Å². The fourth-order valence-electron chi connectivity index (χ4n) is 3.31. The van der Waals surface area contributed by atoms with E-state index < -0.39 is 0 Å². The van der Waals surface area contributed by atoms with E-state index in [0.717, 1.165) is 29.7 Å². The fraction of sp³-hybridized carbons (Fsp3) is 0.348. The lowest BCUT2D eigenvalue weighted by molar-refractivity contribution is -0.145. The molecule has 2 aromatic carbocycles. The molecule has 7 nitrogen and oxygen atoms in total. The SMILES string of the molecule is CCOC(=O)CC1CCc2cc(NC(=O)c3ccc(C(=N)N(C)C)cc3)ccc2O1.Cl. The largest absolute Gasteiger partial charge is 0.490 e. The fourth-order valence-corrected chi connectivity index (χ4v) is 3.31. The van der Waals surface area contributed by atoms with E-state index in [-0.39, 0.29) is 36.8 Å². The highest BCUT2D eigenvalue weighted by Gasteiger charge is 2.23. The van der Waals surface area contributed by atoms with Crippen molar-refractivity contribution >= 4 is 35.8 Å². The van der Waals surface area contributed by atoms with E-state index in [4.69, 9.17) is 14.9 Å². The van der Waals surface area contributed by atoms with Crippen molar-refractivity contribution in [2.45, 2.75) is 32.3 Å². The number of rotatable bonds is 6. The van der Waals surface area contributed by atoms with Crippen LogP contribution in [0.5, 0.6) is 5.75 Å². The van der Waals surface area contributed by atoms with Crippen molar-refractivity contribution in [3.63, 3.8) is 0 Å². The standard InChI is InChI=1S/C23H27N3O4.ClH/c1-4-29-21(27)14-19-11-9-17-13-18(10-12-20(17)30-19)25-23(28)16-7-5-15(6-8-16)22(24)26(2)3;/h5-8,10,12-13,19,24H,4,9,11,14H2,1-3H3,(H,25,28);1H. The third-order valence-electron chi connectivity index (χ3n) is 4.92. The molecule has 0 aromatic heterocycles. The first-order chi connectivity index (χ1) is 14.4. The third kappa shape index (κ3) is 6.21. The zero-order valence-electron chi connectivity index (χ0n) is 17.9. The first-order valence-corrected chi connectivity index (χ1v) is 10.00. The molecule has 1 amide bonds. The maximum absolute atomic E-state index is 12.6. The third-order valence-corrected chi connectivity index (χ3v) is 4.92. The molecule has 2 aromatic rings. The number of halogens is 1. The lowest BCUT2D eigenvalue weighted by atomic mass is 10.00. The molecule has 0 radical (unpaired) electrons. The first kappa shape index (κ1) is 24.2. The normalized spacial score (nSPS) is 14.4. The van der Waals surface area contributed by atoms with Gasteiger partial charge in [0.1, 0.15) is 17.7 Å². The highest BCUT2D eigenvalue weighted by Crippen LogP contribution is 2.31. The summed E-state index contributed by atoms with van der Waals surface area (Å²) in [6.45, 7) is 2.15. The van der Waals surface area contributed by atoms with E-state index in [1.54, 1.807) is 42.2 Å². The van der Waals surface area contributed by atoms with E-state index in [2.05, 4.69) is 5.32 Å². The van der Waals surface area contributed by atoms with Crippen molar-refractivity contribution in [1.82, 2.24) is 4.90 Å². The second-order valence-corrected chi connectivity index (χ2v) is 7.38. The Labute approximate surface area is 188 Å². The van der Waals surface area contributed by atoms with Gasteiger partial charge in [-0.05, 0) is 55.7 Å². The predicted molar refractivity (Wildman–Crippen MR) is 123 cm³/mol. The van der Waals surface area contributed by atoms with Crippen molar-refractivity contribution in [3.05, 3.63) is 59.2 Å². The summed E-state index contributed by atoms with van der Waals surface area (Å²) in [5.74, 6) is 0.661. The van der Waals surface area contributed by atoms with Crippen LogP contribution in [0, 0.1) is 5.41 Å². The number of nitrogens with one attached hydrogen (secondary N) is 2. The Bertz CT molecular complexity index is 944. The molecule has 0 saturated carbocycles. The molecular formula is C23H28ClN3O4. The number of esters is 1. The predicted octanol–water partition coefficient (Wildman–Crippen LogP) is 3.89. The van der Waals surface area contributed by atoms with E-state index in [9.17, 15) is 9.59 Å². The number of ether oxygens (including phenoxy) is 2. The Kier molecular flexibility index (Phi) is 8.45. The summed E-state index contributed by atoms with van der Waals surface area (Å²) in [6, 6.07) is 12.5. The smallest absolute Gasteiger partial charge is 0.309 e. The van der Waals surface area contributed by atoms with E-state index in [0.29, 0.717) is 23.7 Å². The zero-order chi connectivity index (χ0) is 21.7. The van der Waals surface area contributed by atoms with Gasteiger partial charge in [-0.3, -0.25) is 15.0 Å². The second-order valence-electron chi connectivity index (χ2n) is 7.38. The van der Waals surface area contributed by atoms with Gasteiger partial charge >= 0.3 is 5.97 Å². The van der Waals surface area contributed by atoms with Crippen molar-refractivity contribution in [2.24, 2.45) is 0 Å². The molecule has 0 spiro atoms. The molecule has 31 heavy (non-hydrogen) atoms. The summed E-state index contributed by atoms with van der Waals surface area (Å²) in [7, 11) is 3.61. The minimum absolute atomic E-state index is 0.